The minimum absolute atomic E-state index is 0.347. The molecule has 0 aliphatic rings. The third-order valence-corrected chi connectivity index (χ3v) is 4.63. The molecule has 1 N–H and O–H groups in total. The van der Waals surface area contributed by atoms with Crippen LogP contribution in [0.2, 0.25) is 0 Å². The predicted molar refractivity (Wildman–Crippen MR) is 101 cm³/mol. The number of rotatable bonds is 8. The Balaban J connectivity index is 2.23. The van der Waals surface area contributed by atoms with Crippen molar-refractivity contribution >= 4 is 27.3 Å². The minimum atomic E-state index is -3.66. The zero-order valence-electron chi connectivity index (χ0n) is 14.9. The molecule has 0 atom stereocenters. The largest absolute Gasteiger partial charge is 0.497 e. The first kappa shape index (κ1) is 19.6. The maximum absolute atomic E-state index is 12.4. The zero-order chi connectivity index (χ0) is 19.2. The predicted octanol–water partition coefficient (Wildman–Crippen LogP) is 2.50. The highest BCUT2D eigenvalue weighted by atomic mass is 32.2. The number of anilines is 2. The van der Waals surface area contributed by atoms with E-state index in [1.54, 1.807) is 48.5 Å². The monoisotopic (exact) mass is 378 g/mol. The van der Waals surface area contributed by atoms with Crippen LogP contribution in [-0.2, 0) is 14.8 Å². The maximum Gasteiger partial charge on any atom is 0.245 e. The Kier molecular flexibility index (Phi) is 6.46. The molecule has 0 bridgehead atoms. The van der Waals surface area contributed by atoms with Crippen molar-refractivity contribution in [2.24, 2.45) is 0 Å². The summed E-state index contributed by atoms with van der Waals surface area (Å²) in [6.45, 7) is 1.92. The SMILES string of the molecule is CCOc1ccccc1NC(=O)CN(c1cccc(OC)c1)S(C)(=O)=O. The van der Waals surface area contributed by atoms with Gasteiger partial charge in [0.25, 0.3) is 0 Å². The highest BCUT2D eigenvalue weighted by molar-refractivity contribution is 7.92. The van der Waals surface area contributed by atoms with Gasteiger partial charge in [-0.15, -0.1) is 0 Å². The molecule has 2 aromatic carbocycles. The first-order valence-corrected chi connectivity index (χ1v) is 9.83. The van der Waals surface area contributed by atoms with Crippen molar-refractivity contribution in [3.05, 3.63) is 48.5 Å². The van der Waals surface area contributed by atoms with Crippen LogP contribution in [-0.4, -0.2) is 40.8 Å². The number of benzene rings is 2. The second-order valence-electron chi connectivity index (χ2n) is 5.45. The molecule has 7 nitrogen and oxygen atoms in total. The fourth-order valence-corrected chi connectivity index (χ4v) is 3.19. The summed E-state index contributed by atoms with van der Waals surface area (Å²) in [6.07, 6.45) is 1.05. The lowest BCUT2D eigenvalue weighted by atomic mass is 10.3. The summed E-state index contributed by atoms with van der Waals surface area (Å²) in [4.78, 5) is 12.4. The third kappa shape index (κ3) is 5.13. The fraction of sp³-hybridized carbons (Fsp3) is 0.278. The second-order valence-corrected chi connectivity index (χ2v) is 7.36. The number of hydrogen-bond donors (Lipinski definition) is 1. The lowest BCUT2D eigenvalue weighted by Gasteiger charge is -2.22. The van der Waals surface area contributed by atoms with E-state index in [4.69, 9.17) is 9.47 Å². The molecule has 0 unspecified atom stereocenters. The molecule has 2 rings (SSSR count). The number of sulfonamides is 1. The van der Waals surface area contributed by atoms with Crippen LogP contribution in [0.25, 0.3) is 0 Å². The highest BCUT2D eigenvalue weighted by Crippen LogP contribution is 2.25. The summed E-state index contributed by atoms with van der Waals surface area (Å²) in [7, 11) is -2.18. The van der Waals surface area contributed by atoms with E-state index in [1.165, 1.54) is 7.11 Å². The van der Waals surface area contributed by atoms with E-state index >= 15 is 0 Å². The van der Waals surface area contributed by atoms with E-state index in [1.807, 2.05) is 6.92 Å². The Morgan fingerprint density at radius 3 is 2.54 bits per heavy atom. The molecule has 2 aromatic rings. The lowest BCUT2D eigenvalue weighted by molar-refractivity contribution is -0.114. The van der Waals surface area contributed by atoms with E-state index in [2.05, 4.69) is 5.32 Å². The van der Waals surface area contributed by atoms with Crippen molar-refractivity contribution in [3.8, 4) is 11.5 Å². The van der Waals surface area contributed by atoms with E-state index in [-0.39, 0.29) is 6.54 Å². The standard InChI is InChI=1S/C18H22N2O5S/c1-4-25-17-11-6-5-10-16(17)19-18(21)13-20(26(3,22)23)14-8-7-9-15(12-14)24-2/h5-12H,4,13H2,1-3H3,(H,19,21). The van der Waals surface area contributed by atoms with Gasteiger partial charge in [0.15, 0.2) is 0 Å². The Hall–Kier alpha value is -2.74. The summed E-state index contributed by atoms with van der Waals surface area (Å²) in [5.41, 5.74) is 0.832. The molecule has 0 aliphatic heterocycles. The summed E-state index contributed by atoms with van der Waals surface area (Å²) in [5, 5.41) is 2.69. The molecule has 1 amide bonds. The molecule has 8 heteroatoms. The van der Waals surface area contributed by atoms with E-state index in [9.17, 15) is 13.2 Å². The van der Waals surface area contributed by atoms with Crippen LogP contribution >= 0.6 is 0 Å². The molecule has 26 heavy (non-hydrogen) atoms. The van der Waals surface area contributed by atoms with Gasteiger partial charge in [-0.3, -0.25) is 9.10 Å². The van der Waals surface area contributed by atoms with Gasteiger partial charge in [-0.1, -0.05) is 18.2 Å². The van der Waals surface area contributed by atoms with Gasteiger partial charge in [0.2, 0.25) is 15.9 Å². The van der Waals surface area contributed by atoms with Crippen LogP contribution in [0, 0.1) is 0 Å². The number of carbonyl (C=O) groups excluding carboxylic acids is 1. The summed E-state index contributed by atoms with van der Waals surface area (Å²) in [5.74, 6) is 0.541. The molecule has 0 aliphatic carbocycles. The summed E-state index contributed by atoms with van der Waals surface area (Å²) in [6, 6.07) is 13.5. The van der Waals surface area contributed by atoms with Crippen molar-refractivity contribution in [1.29, 1.82) is 0 Å². The third-order valence-electron chi connectivity index (χ3n) is 3.49. The van der Waals surface area contributed by atoms with Gasteiger partial charge >= 0.3 is 0 Å². The molecule has 0 radical (unpaired) electrons. The Bertz CT molecular complexity index is 867. The average Bonchev–Trinajstić information content (AvgIpc) is 2.60. The van der Waals surface area contributed by atoms with Crippen molar-refractivity contribution in [2.75, 3.05) is 36.1 Å². The average molecular weight is 378 g/mol. The van der Waals surface area contributed by atoms with Crippen molar-refractivity contribution in [2.45, 2.75) is 6.92 Å². The Morgan fingerprint density at radius 1 is 1.15 bits per heavy atom. The molecule has 0 saturated heterocycles. The number of ether oxygens (including phenoxy) is 2. The van der Waals surface area contributed by atoms with Crippen LogP contribution in [0.4, 0.5) is 11.4 Å². The number of para-hydroxylation sites is 2. The molecule has 0 heterocycles. The van der Waals surface area contributed by atoms with E-state index in [0.717, 1.165) is 10.6 Å². The van der Waals surface area contributed by atoms with Crippen molar-refractivity contribution in [3.63, 3.8) is 0 Å². The molecule has 0 aromatic heterocycles. The van der Waals surface area contributed by atoms with Crippen LogP contribution in [0.1, 0.15) is 6.92 Å². The first-order valence-electron chi connectivity index (χ1n) is 7.98. The van der Waals surface area contributed by atoms with E-state index < -0.39 is 15.9 Å². The number of hydrogen-bond acceptors (Lipinski definition) is 5. The molecule has 0 fully saturated rings. The van der Waals surface area contributed by atoms with Crippen molar-refractivity contribution < 1.29 is 22.7 Å². The van der Waals surface area contributed by atoms with Crippen LogP contribution < -0.4 is 19.1 Å². The topological polar surface area (TPSA) is 84.9 Å². The van der Waals surface area contributed by atoms with E-state index in [0.29, 0.717) is 29.5 Å². The highest BCUT2D eigenvalue weighted by Gasteiger charge is 2.22. The molecular weight excluding hydrogens is 356 g/mol. The van der Waals surface area contributed by atoms with Crippen LogP contribution in [0.15, 0.2) is 48.5 Å². The lowest BCUT2D eigenvalue weighted by Crippen LogP contribution is -2.37. The van der Waals surface area contributed by atoms with Gasteiger partial charge < -0.3 is 14.8 Å². The molecule has 140 valence electrons. The van der Waals surface area contributed by atoms with Crippen LogP contribution in [0.3, 0.4) is 0 Å². The molecule has 0 spiro atoms. The van der Waals surface area contributed by atoms with Gasteiger partial charge in [0.1, 0.15) is 18.0 Å². The number of methoxy groups -OCH3 is 1. The smallest absolute Gasteiger partial charge is 0.245 e. The number of nitrogens with one attached hydrogen (secondary N) is 1. The van der Waals surface area contributed by atoms with Gasteiger partial charge in [-0.25, -0.2) is 8.42 Å². The second kappa shape index (κ2) is 8.57. The van der Waals surface area contributed by atoms with Gasteiger partial charge in [0, 0.05) is 6.07 Å². The maximum atomic E-state index is 12.4. The first-order chi connectivity index (χ1) is 12.3. The Morgan fingerprint density at radius 2 is 1.88 bits per heavy atom. The minimum Gasteiger partial charge on any atom is -0.497 e. The van der Waals surface area contributed by atoms with Gasteiger partial charge in [0.05, 0.1) is 31.3 Å². The fourth-order valence-electron chi connectivity index (χ4n) is 2.34. The van der Waals surface area contributed by atoms with Crippen molar-refractivity contribution in [1.82, 2.24) is 0 Å². The molecule has 0 saturated carbocycles. The quantitative estimate of drug-likeness (QED) is 0.763. The van der Waals surface area contributed by atoms with Gasteiger partial charge in [-0.2, -0.15) is 0 Å². The zero-order valence-corrected chi connectivity index (χ0v) is 15.7. The summed E-state index contributed by atoms with van der Waals surface area (Å²) < 4.78 is 35.9. The van der Waals surface area contributed by atoms with Gasteiger partial charge in [-0.05, 0) is 31.2 Å². The number of amides is 1. The normalized spacial score (nSPS) is 10.9. The Labute approximate surface area is 153 Å². The molecular formula is C18H22N2O5S. The summed E-state index contributed by atoms with van der Waals surface area (Å²) >= 11 is 0. The van der Waals surface area contributed by atoms with Crippen LogP contribution in [0.5, 0.6) is 11.5 Å². The number of carbonyl (C=O) groups is 1. The number of nitrogens with zero attached hydrogens (tertiary/aromatic N) is 1.